The van der Waals surface area contributed by atoms with Crippen molar-refractivity contribution in [3.8, 4) is 5.75 Å². The lowest BCUT2D eigenvalue weighted by Crippen LogP contribution is -2.42. The van der Waals surface area contributed by atoms with Gasteiger partial charge in [0.05, 0.1) is 12.5 Å². The monoisotopic (exact) mass is 666 g/mol. The number of nitrogens with one attached hydrogen (secondary N) is 2. The van der Waals surface area contributed by atoms with Gasteiger partial charge < -0.3 is 25.4 Å². The second-order valence-corrected chi connectivity index (χ2v) is 12.6. The summed E-state index contributed by atoms with van der Waals surface area (Å²) < 4.78 is 5.27. The van der Waals surface area contributed by atoms with Crippen molar-refractivity contribution in [2.75, 3.05) is 18.6 Å². The number of ether oxygens (including phenoxy) is 1. The van der Waals surface area contributed by atoms with Crippen molar-refractivity contribution in [2.24, 2.45) is 5.41 Å². The molecule has 0 radical (unpaired) electrons. The first-order chi connectivity index (χ1) is 23.5. The van der Waals surface area contributed by atoms with Gasteiger partial charge in [-0.15, -0.1) is 0 Å². The molecule has 2 fully saturated rings. The molecule has 2 unspecified atom stereocenters. The molecular formula is C38H42N4O7. The maximum Gasteiger partial charge on any atom is 0.352 e. The Morgan fingerprint density at radius 1 is 0.939 bits per heavy atom. The summed E-state index contributed by atoms with van der Waals surface area (Å²) in [7, 11) is 1.58. The van der Waals surface area contributed by atoms with E-state index in [0.29, 0.717) is 49.2 Å². The van der Waals surface area contributed by atoms with E-state index < -0.39 is 23.6 Å². The zero-order valence-corrected chi connectivity index (χ0v) is 28.0. The molecule has 3 aromatic rings. The molecule has 0 aromatic heterocycles. The van der Waals surface area contributed by atoms with Crippen molar-refractivity contribution in [2.45, 2.75) is 64.6 Å². The van der Waals surface area contributed by atoms with Gasteiger partial charge in [-0.05, 0) is 66.3 Å². The van der Waals surface area contributed by atoms with E-state index in [0.717, 1.165) is 24.0 Å². The lowest BCUT2D eigenvalue weighted by molar-refractivity contribution is -0.137. The van der Waals surface area contributed by atoms with E-state index in [9.17, 15) is 29.1 Å². The summed E-state index contributed by atoms with van der Waals surface area (Å²) in [5.74, 6) is -1.65. The van der Waals surface area contributed by atoms with E-state index in [2.05, 4.69) is 10.6 Å². The highest BCUT2D eigenvalue weighted by Gasteiger charge is 2.48. The van der Waals surface area contributed by atoms with Crippen LogP contribution >= 0.6 is 0 Å². The van der Waals surface area contributed by atoms with Crippen LogP contribution in [0.25, 0.3) is 6.08 Å². The molecule has 256 valence electrons. The zero-order valence-electron chi connectivity index (χ0n) is 28.0. The van der Waals surface area contributed by atoms with Gasteiger partial charge in [-0.1, -0.05) is 67.4 Å². The molecule has 2 atom stereocenters. The van der Waals surface area contributed by atoms with Crippen LogP contribution < -0.4 is 20.3 Å². The number of nitrogens with zero attached hydrogens (tertiary/aromatic N) is 2. The molecule has 11 heteroatoms. The number of anilines is 1. The van der Waals surface area contributed by atoms with Gasteiger partial charge in [0.1, 0.15) is 23.7 Å². The highest BCUT2D eigenvalue weighted by molar-refractivity contribution is 6.04. The van der Waals surface area contributed by atoms with Crippen molar-refractivity contribution in [1.29, 1.82) is 0 Å². The Morgan fingerprint density at radius 2 is 1.59 bits per heavy atom. The standard InChI is InChI=1S/C38H42N4O7/c1-25(43)39-22-21-38(19-7-8-20-38)37(48)40-32(36(46)47)23-27-11-15-30(16-12-27)42-34(29-9-5-4-6-10-29)41(26(2)44)33(35(42)45)24-28-13-17-31(49-3)18-14-28/h4-6,9-18,23,33-34H,7-8,19-22,24H2,1-3H3,(H,39,43)(H,40,48)(H,46,47)/b32-23-. The summed E-state index contributed by atoms with van der Waals surface area (Å²) in [6.45, 7) is 3.20. The minimum atomic E-state index is -1.29. The van der Waals surface area contributed by atoms with E-state index in [1.165, 1.54) is 19.9 Å². The number of methoxy groups -OCH3 is 1. The molecule has 1 aliphatic heterocycles. The first kappa shape index (κ1) is 34.9. The van der Waals surface area contributed by atoms with Crippen molar-refractivity contribution >= 4 is 41.4 Å². The highest BCUT2D eigenvalue weighted by Crippen LogP contribution is 2.42. The molecule has 3 N–H and O–H groups in total. The quantitative estimate of drug-likeness (QED) is 0.235. The number of carbonyl (C=O) groups is 5. The maximum atomic E-state index is 14.2. The molecule has 0 spiro atoms. The average molecular weight is 667 g/mol. The average Bonchev–Trinajstić information content (AvgIpc) is 3.68. The van der Waals surface area contributed by atoms with Crippen LogP contribution in [0.3, 0.4) is 0 Å². The molecule has 2 aliphatic rings. The van der Waals surface area contributed by atoms with Crippen LogP contribution in [0.15, 0.2) is 84.6 Å². The van der Waals surface area contributed by atoms with E-state index >= 15 is 0 Å². The summed E-state index contributed by atoms with van der Waals surface area (Å²) >= 11 is 0. The van der Waals surface area contributed by atoms with Crippen LogP contribution in [-0.2, 0) is 30.4 Å². The molecule has 4 amide bonds. The topological polar surface area (TPSA) is 145 Å². The fourth-order valence-corrected chi connectivity index (χ4v) is 6.88. The third-order valence-electron chi connectivity index (χ3n) is 9.40. The number of rotatable bonds is 12. The Hall–Kier alpha value is -5.45. The fourth-order valence-electron chi connectivity index (χ4n) is 6.88. The third kappa shape index (κ3) is 7.83. The number of aliphatic carboxylic acids is 1. The maximum absolute atomic E-state index is 14.2. The van der Waals surface area contributed by atoms with E-state index in [1.54, 1.807) is 41.2 Å². The Morgan fingerprint density at radius 3 is 2.16 bits per heavy atom. The molecule has 11 nitrogen and oxygen atoms in total. The molecule has 1 saturated carbocycles. The summed E-state index contributed by atoms with van der Waals surface area (Å²) in [5.41, 5.74) is 1.64. The number of hydrogen-bond acceptors (Lipinski definition) is 6. The second-order valence-electron chi connectivity index (χ2n) is 12.6. The molecule has 0 bridgehead atoms. The van der Waals surface area contributed by atoms with Crippen LogP contribution in [0, 0.1) is 5.41 Å². The lowest BCUT2D eigenvalue weighted by atomic mass is 9.81. The minimum absolute atomic E-state index is 0.185. The summed E-state index contributed by atoms with van der Waals surface area (Å²) in [4.78, 5) is 67.7. The first-order valence-electron chi connectivity index (χ1n) is 16.4. The van der Waals surface area contributed by atoms with E-state index in [1.807, 2.05) is 54.6 Å². The van der Waals surface area contributed by atoms with E-state index in [4.69, 9.17) is 4.74 Å². The predicted molar refractivity (Wildman–Crippen MR) is 184 cm³/mol. The molecule has 1 aliphatic carbocycles. The summed E-state index contributed by atoms with van der Waals surface area (Å²) in [6.07, 6.45) is 4.33. The number of carbonyl (C=O) groups excluding carboxylic acids is 4. The number of hydrogen-bond donors (Lipinski definition) is 3. The van der Waals surface area contributed by atoms with E-state index in [-0.39, 0.29) is 29.3 Å². The van der Waals surface area contributed by atoms with Gasteiger partial charge >= 0.3 is 5.97 Å². The first-order valence-corrected chi connectivity index (χ1v) is 16.4. The number of carboxylic acids is 1. The SMILES string of the molecule is COc1ccc(CC2C(=O)N(c3ccc(/C=C(\NC(=O)C4(CCNC(C)=O)CCCC4)C(=O)O)cc3)C(c3ccccc3)N2C(C)=O)cc1. The molecule has 1 saturated heterocycles. The Kier molecular flexibility index (Phi) is 10.8. The van der Waals surface area contributed by atoms with Crippen LogP contribution in [-0.4, -0.2) is 59.3 Å². The zero-order chi connectivity index (χ0) is 35.1. The molecule has 5 rings (SSSR count). The van der Waals surface area contributed by atoms with Crippen molar-refractivity contribution in [3.63, 3.8) is 0 Å². The number of benzene rings is 3. The number of carboxylic acid groups (broad SMARTS) is 1. The van der Waals surface area contributed by atoms with Gasteiger partial charge in [0.2, 0.25) is 17.7 Å². The number of amides is 4. The van der Waals surface area contributed by atoms with Gasteiger partial charge in [-0.25, -0.2) is 4.79 Å². The van der Waals surface area contributed by atoms with Gasteiger partial charge in [0, 0.05) is 32.5 Å². The minimum Gasteiger partial charge on any atom is -0.497 e. The van der Waals surface area contributed by atoms with Crippen molar-refractivity contribution < 1.29 is 33.8 Å². The van der Waals surface area contributed by atoms with Crippen LogP contribution in [0.4, 0.5) is 5.69 Å². The normalized spacial score (nSPS) is 18.7. The predicted octanol–water partition coefficient (Wildman–Crippen LogP) is 4.83. The lowest BCUT2D eigenvalue weighted by Gasteiger charge is -2.31. The van der Waals surface area contributed by atoms with Gasteiger partial charge in [0.15, 0.2) is 0 Å². The molecular weight excluding hydrogens is 624 g/mol. The summed E-state index contributed by atoms with van der Waals surface area (Å²) in [6, 6.07) is 22.7. The molecule has 1 heterocycles. The second kappa shape index (κ2) is 15.2. The van der Waals surface area contributed by atoms with Gasteiger partial charge in [-0.2, -0.15) is 0 Å². The van der Waals surface area contributed by atoms with Crippen molar-refractivity contribution in [1.82, 2.24) is 15.5 Å². The fraction of sp³-hybridized carbons (Fsp3) is 0.342. The highest BCUT2D eigenvalue weighted by atomic mass is 16.5. The Labute approximate surface area is 285 Å². The van der Waals surface area contributed by atoms with Crippen LogP contribution in [0.2, 0.25) is 0 Å². The third-order valence-corrected chi connectivity index (χ3v) is 9.40. The summed E-state index contributed by atoms with van der Waals surface area (Å²) in [5, 5.41) is 15.4. The van der Waals surface area contributed by atoms with Crippen LogP contribution in [0.1, 0.15) is 68.8 Å². The largest absolute Gasteiger partial charge is 0.497 e. The van der Waals surface area contributed by atoms with Gasteiger partial charge in [-0.3, -0.25) is 24.1 Å². The molecule has 3 aromatic carbocycles. The van der Waals surface area contributed by atoms with Crippen molar-refractivity contribution in [3.05, 3.63) is 101 Å². The smallest absolute Gasteiger partial charge is 0.352 e. The Balaban J connectivity index is 1.42. The molecule has 49 heavy (non-hydrogen) atoms. The van der Waals surface area contributed by atoms with Crippen LogP contribution in [0.5, 0.6) is 5.75 Å². The Bertz CT molecular complexity index is 1710. The van der Waals surface area contributed by atoms with Gasteiger partial charge in [0.25, 0.3) is 5.91 Å².